The molecule has 0 spiro atoms. The molecule has 84 valence electrons. The van der Waals surface area contributed by atoms with Gasteiger partial charge in [0.05, 0.1) is 16.8 Å². The Hall–Kier alpha value is -0.990. The first-order valence-corrected chi connectivity index (χ1v) is 6.43. The average molecular weight is 252 g/mol. The van der Waals surface area contributed by atoms with Gasteiger partial charge in [-0.15, -0.1) is 11.3 Å². The molecule has 0 aliphatic rings. The van der Waals surface area contributed by atoms with Crippen LogP contribution < -0.4 is 5.32 Å². The van der Waals surface area contributed by atoms with Gasteiger partial charge in [0.15, 0.2) is 0 Å². The minimum atomic E-state index is 0.290. The summed E-state index contributed by atoms with van der Waals surface area (Å²) in [6.45, 7) is 4.27. The van der Waals surface area contributed by atoms with E-state index in [1.54, 1.807) is 0 Å². The van der Waals surface area contributed by atoms with Gasteiger partial charge >= 0.3 is 0 Å². The van der Waals surface area contributed by atoms with Crippen molar-refractivity contribution in [2.24, 2.45) is 0 Å². The van der Waals surface area contributed by atoms with Crippen molar-refractivity contribution >= 4 is 28.6 Å². The van der Waals surface area contributed by atoms with E-state index in [-0.39, 0.29) is 0 Å². The third-order valence-electron chi connectivity index (χ3n) is 2.43. The molecule has 3 heteroatoms. The second kappa shape index (κ2) is 4.89. The van der Waals surface area contributed by atoms with Gasteiger partial charge in [0.25, 0.3) is 0 Å². The zero-order valence-electron chi connectivity index (χ0n) is 9.33. The van der Waals surface area contributed by atoms with Gasteiger partial charge < -0.3 is 5.32 Å². The molecule has 0 amide bonds. The van der Waals surface area contributed by atoms with Gasteiger partial charge in [0.1, 0.15) is 0 Å². The van der Waals surface area contributed by atoms with E-state index in [1.807, 2.05) is 35.6 Å². The van der Waals surface area contributed by atoms with Gasteiger partial charge in [0, 0.05) is 9.75 Å². The number of anilines is 1. The Morgan fingerprint density at radius 3 is 2.56 bits per heavy atom. The lowest BCUT2D eigenvalue weighted by molar-refractivity contribution is 0.908. The number of para-hydroxylation sites is 1. The maximum Gasteiger partial charge on any atom is 0.0637 e. The lowest BCUT2D eigenvalue weighted by atomic mass is 10.2. The standard InChI is InChI=1S/C13H14ClNS/c1-9-7-8-13(16-9)10(2)15-12-6-4-3-5-11(12)14/h3-8,10,15H,1-2H3. The molecule has 1 heterocycles. The molecule has 0 aliphatic heterocycles. The normalized spacial score (nSPS) is 12.4. The van der Waals surface area contributed by atoms with Crippen LogP contribution in [0.4, 0.5) is 5.69 Å². The predicted octanol–water partition coefficient (Wildman–Crippen LogP) is 4.88. The van der Waals surface area contributed by atoms with E-state index in [0.717, 1.165) is 10.7 Å². The van der Waals surface area contributed by atoms with Crippen molar-refractivity contribution in [2.45, 2.75) is 19.9 Å². The Morgan fingerprint density at radius 1 is 1.19 bits per heavy atom. The topological polar surface area (TPSA) is 12.0 Å². The number of benzene rings is 1. The largest absolute Gasteiger partial charge is 0.377 e. The van der Waals surface area contributed by atoms with Gasteiger partial charge in [-0.3, -0.25) is 0 Å². The molecule has 1 nitrogen and oxygen atoms in total. The number of hydrogen-bond acceptors (Lipinski definition) is 2. The van der Waals surface area contributed by atoms with E-state index in [9.17, 15) is 0 Å². The summed E-state index contributed by atoms with van der Waals surface area (Å²) in [4.78, 5) is 2.67. The fraction of sp³-hybridized carbons (Fsp3) is 0.231. The van der Waals surface area contributed by atoms with E-state index >= 15 is 0 Å². The van der Waals surface area contributed by atoms with Crippen molar-refractivity contribution in [3.8, 4) is 0 Å². The zero-order valence-corrected chi connectivity index (χ0v) is 10.9. The zero-order chi connectivity index (χ0) is 11.5. The molecule has 1 aromatic carbocycles. The molecule has 0 saturated carbocycles. The fourth-order valence-electron chi connectivity index (χ4n) is 1.57. The summed E-state index contributed by atoms with van der Waals surface area (Å²) in [6, 6.07) is 12.4. The molecule has 16 heavy (non-hydrogen) atoms. The first-order valence-electron chi connectivity index (χ1n) is 5.24. The van der Waals surface area contributed by atoms with Crippen molar-refractivity contribution in [3.05, 3.63) is 51.2 Å². The Morgan fingerprint density at radius 2 is 1.94 bits per heavy atom. The van der Waals surface area contributed by atoms with Crippen LogP contribution in [0.25, 0.3) is 0 Å². The van der Waals surface area contributed by atoms with E-state index in [4.69, 9.17) is 11.6 Å². The summed E-state index contributed by atoms with van der Waals surface area (Å²) in [5.74, 6) is 0. The van der Waals surface area contributed by atoms with E-state index in [2.05, 4.69) is 31.3 Å². The van der Waals surface area contributed by atoms with Gasteiger partial charge in [0.2, 0.25) is 0 Å². The summed E-state index contributed by atoms with van der Waals surface area (Å²) in [5.41, 5.74) is 0.989. The maximum atomic E-state index is 6.10. The lowest BCUT2D eigenvalue weighted by Gasteiger charge is -2.14. The number of aryl methyl sites for hydroxylation is 1. The second-order valence-electron chi connectivity index (χ2n) is 3.79. The third kappa shape index (κ3) is 2.57. The van der Waals surface area contributed by atoms with Gasteiger partial charge in [-0.25, -0.2) is 0 Å². The predicted molar refractivity (Wildman–Crippen MR) is 72.5 cm³/mol. The first-order chi connectivity index (χ1) is 7.66. The van der Waals surface area contributed by atoms with Gasteiger partial charge in [-0.1, -0.05) is 23.7 Å². The Labute approximate surface area is 105 Å². The molecule has 2 rings (SSSR count). The Balaban J connectivity index is 2.13. The van der Waals surface area contributed by atoms with Crippen molar-refractivity contribution in [1.82, 2.24) is 0 Å². The van der Waals surface area contributed by atoms with Crippen LogP contribution in [-0.2, 0) is 0 Å². The van der Waals surface area contributed by atoms with E-state index in [0.29, 0.717) is 6.04 Å². The van der Waals surface area contributed by atoms with Crippen LogP contribution >= 0.6 is 22.9 Å². The highest BCUT2D eigenvalue weighted by molar-refractivity contribution is 7.12. The van der Waals surface area contributed by atoms with Gasteiger partial charge in [-0.2, -0.15) is 0 Å². The minimum Gasteiger partial charge on any atom is -0.377 e. The molecule has 1 atom stereocenters. The monoisotopic (exact) mass is 251 g/mol. The smallest absolute Gasteiger partial charge is 0.0637 e. The number of hydrogen-bond donors (Lipinski definition) is 1. The van der Waals surface area contributed by atoms with Crippen molar-refractivity contribution in [3.63, 3.8) is 0 Å². The summed E-state index contributed by atoms with van der Waals surface area (Å²) < 4.78 is 0. The molecule has 0 aliphatic carbocycles. The molecule has 0 bridgehead atoms. The molecule has 0 fully saturated rings. The van der Waals surface area contributed by atoms with Crippen molar-refractivity contribution in [2.75, 3.05) is 5.32 Å². The molecule has 2 aromatic rings. The second-order valence-corrected chi connectivity index (χ2v) is 5.52. The molecular formula is C13H14ClNS. The Bertz CT molecular complexity index is 478. The maximum absolute atomic E-state index is 6.10. The molecular weight excluding hydrogens is 238 g/mol. The fourth-order valence-corrected chi connectivity index (χ4v) is 2.64. The SMILES string of the molecule is Cc1ccc(C(C)Nc2ccccc2Cl)s1. The van der Waals surface area contributed by atoms with E-state index < -0.39 is 0 Å². The minimum absolute atomic E-state index is 0.290. The van der Waals surface area contributed by atoms with Crippen LogP contribution in [0, 0.1) is 6.92 Å². The van der Waals surface area contributed by atoms with E-state index in [1.165, 1.54) is 9.75 Å². The molecule has 1 N–H and O–H groups in total. The molecule has 1 aromatic heterocycles. The number of nitrogens with one attached hydrogen (secondary N) is 1. The highest BCUT2D eigenvalue weighted by Gasteiger charge is 2.08. The average Bonchev–Trinajstić information content (AvgIpc) is 2.68. The van der Waals surface area contributed by atoms with Crippen LogP contribution in [0.2, 0.25) is 5.02 Å². The number of halogens is 1. The highest BCUT2D eigenvalue weighted by atomic mass is 35.5. The first kappa shape index (κ1) is 11.5. The quantitative estimate of drug-likeness (QED) is 0.820. The summed E-state index contributed by atoms with van der Waals surface area (Å²) in [6.07, 6.45) is 0. The summed E-state index contributed by atoms with van der Waals surface area (Å²) in [5, 5.41) is 4.18. The summed E-state index contributed by atoms with van der Waals surface area (Å²) in [7, 11) is 0. The highest BCUT2D eigenvalue weighted by Crippen LogP contribution is 2.28. The van der Waals surface area contributed by atoms with Crippen LogP contribution in [0.15, 0.2) is 36.4 Å². The number of thiophene rings is 1. The summed E-state index contributed by atoms with van der Waals surface area (Å²) >= 11 is 7.92. The lowest BCUT2D eigenvalue weighted by Crippen LogP contribution is -2.04. The molecule has 0 saturated heterocycles. The third-order valence-corrected chi connectivity index (χ3v) is 3.95. The Kier molecular flexibility index (Phi) is 3.52. The van der Waals surface area contributed by atoms with Crippen molar-refractivity contribution in [1.29, 1.82) is 0 Å². The van der Waals surface area contributed by atoms with Crippen LogP contribution in [0.5, 0.6) is 0 Å². The molecule has 1 unspecified atom stereocenters. The van der Waals surface area contributed by atoms with Crippen LogP contribution in [0.1, 0.15) is 22.7 Å². The molecule has 0 radical (unpaired) electrons. The van der Waals surface area contributed by atoms with Crippen LogP contribution in [-0.4, -0.2) is 0 Å². The number of rotatable bonds is 3. The van der Waals surface area contributed by atoms with Gasteiger partial charge in [-0.05, 0) is 38.1 Å². The van der Waals surface area contributed by atoms with Crippen molar-refractivity contribution < 1.29 is 0 Å². The van der Waals surface area contributed by atoms with Crippen LogP contribution in [0.3, 0.4) is 0 Å².